The van der Waals surface area contributed by atoms with Gasteiger partial charge in [-0.3, -0.25) is 4.90 Å². The zero-order valence-electron chi connectivity index (χ0n) is 12.0. The van der Waals surface area contributed by atoms with E-state index in [9.17, 15) is 8.42 Å². The fourth-order valence-electron chi connectivity index (χ4n) is 4.02. The van der Waals surface area contributed by atoms with Crippen molar-refractivity contribution in [2.75, 3.05) is 25.1 Å². The van der Waals surface area contributed by atoms with Crippen molar-refractivity contribution in [1.82, 2.24) is 4.90 Å². The van der Waals surface area contributed by atoms with Crippen LogP contribution >= 0.6 is 0 Å². The first kappa shape index (κ1) is 14.1. The molecule has 2 fully saturated rings. The SMILES string of the molecule is CS(=O)(=O)CC1C2CCC1CN(Cc1ccccc1)C2. The Hall–Kier alpha value is -0.870. The van der Waals surface area contributed by atoms with Crippen molar-refractivity contribution in [1.29, 1.82) is 0 Å². The van der Waals surface area contributed by atoms with E-state index in [4.69, 9.17) is 0 Å². The summed E-state index contributed by atoms with van der Waals surface area (Å²) < 4.78 is 23.2. The average Bonchev–Trinajstić information content (AvgIpc) is 2.61. The number of rotatable bonds is 4. The van der Waals surface area contributed by atoms with Crippen molar-refractivity contribution >= 4 is 9.84 Å². The van der Waals surface area contributed by atoms with Gasteiger partial charge >= 0.3 is 0 Å². The summed E-state index contributed by atoms with van der Waals surface area (Å²) in [6.07, 6.45) is 3.79. The van der Waals surface area contributed by atoms with Crippen molar-refractivity contribution in [3.8, 4) is 0 Å². The van der Waals surface area contributed by atoms with Gasteiger partial charge in [0.05, 0.1) is 5.75 Å². The quantitative estimate of drug-likeness (QED) is 0.854. The molecule has 1 saturated heterocycles. The highest BCUT2D eigenvalue weighted by atomic mass is 32.2. The molecule has 110 valence electrons. The molecule has 20 heavy (non-hydrogen) atoms. The van der Waals surface area contributed by atoms with Crippen LogP contribution in [0.25, 0.3) is 0 Å². The van der Waals surface area contributed by atoms with Gasteiger partial charge in [-0.05, 0) is 36.2 Å². The number of hydrogen-bond donors (Lipinski definition) is 0. The van der Waals surface area contributed by atoms with Crippen LogP contribution in [0.2, 0.25) is 0 Å². The molecule has 2 unspecified atom stereocenters. The van der Waals surface area contributed by atoms with Gasteiger partial charge < -0.3 is 0 Å². The highest BCUT2D eigenvalue weighted by molar-refractivity contribution is 7.90. The van der Waals surface area contributed by atoms with Gasteiger partial charge in [0, 0.05) is 25.9 Å². The molecule has 1 aliphatic heterocycles. The van der Waals surface area contributed by atoms with Crippen LogP contribution in [0.15, 0.2) is 30.3 Å². The number of hydrogen-bond acceptors (Lipinski definition) is 3. The highest BCUT2D eigenvalue weighted by Crippen LogP contribution is 2.42. The summed E-state index contributed by atoms with van der Waals surface area (Å²) >= 11 is 0. The third-order valence-corrected chi connectivity index (χ3v) is 5.84. The van der Waals surface area contributed by atoms with Gasteiger partial charge in [0.2, 0.25) is 0 Å². The number of piperidine rings is 1. The number of likely N-dealkylation sites (tertiary alicyclic amines) is 1. The lowest BCUT2D eigenvalue weighted by Gasteiger charge is -2.37. The minimum Gasteiger partial charge on any atom is -0.299 e. The molecule has 2 bridgehead atoms. The van der Waals surface area contributed by atoms with Crippen molar-refractivity contribution in [2.45, 2.75) is 19.4 Å². The monoisotopic (exact) mass is 293 g/mol. The van der Waals surface area contributed by atoms with Crippen molar-refractivity contribution in [3.63, 3.8) is 0 Å². The average molecular weight is 293 g/mol. The lowest BCUT2D eigenvalue weighted by Crippen LogP contribution is -2.43. The summed E-state index contributed by atoms with van der Waals surface area (Å²) in [7, 11) is -2.84. The Morgan fingerprint density at radius 1 is 1.10 bits per heavy atom. The smallest absolute Gasteiger partial charge is 0.147 e. The molecule has 2 atom stereocenters. The molecule has 3 rings (SSSR count). The summed E-state index contributed by atoms with van der Waals surface area (Å²) in [4.78, 5) is 2.51. The summed E-state index contributed by atoms with van der Waals surface area (Å²) in [6, 6.07) is 10.6. The summed E-state index contributed by atoms with van der Waals surface area (Å²) in [5.41, 5.74) is 1.36. The molecule has 0 N–H and O–H groups in total. The molecule has 0 spiro atoms. The maximum Gasteiger partial charge on any atom is 0.147 e. The zero-order chi connectivity index (χ0) is 14.2. The Kier molecular flexibility index (Phi) is 3.87. The van der Waals surface area contributed by atoms with Crippen LogP contribution in [0.1, 0.15) is 18.4 Å². The molecular weight excluding hydrogens is 270 g/mol. The first-order chi connectivity index (χ1) is 9.51. The molecule has 2 aliphatic rings. The summed E-state index contributed by atoms with van der Waals surface area (Å²) in [5, 5.41) is 0. The molecule has 1 saturated carbocycles. The van der Waals surface area contributed by atoms with Crippen molar-refractivity contribution in [3.05, 3.63) is 35.9 Å². The predicted molar refractivity (Wildman–Crippen MR) is 81.1 cm³/mol. The normalized spacial score (nSPS) is 30.6. The van der Waals surface area contributed by atoms with E-state index in [0.717, 1.165) is 19.6 Å². The van der Waals surface area contributed by atoms with E-state index in [1.54, 1.807) is 0 Å². The van der Waals surface area contributed by atoms with E-state index in [1.165, 1.54) is 24.7 Å². The lowest BCUT2D eigenvalue weighted by molar-refractivity contribution is 0.114. The number of sulfone groups is 1. The maximum atomic E-state index is 11.6. The van der Waals surface area contributed by atoms with E-state index in [2.05, 4.69) is 29.2 Å². The molecule has 1 aliphatic carbocycles. The molecular formula is C16H23NO2S. The van der Waals surface area contributed by atoms with Crippen LogP contribution < -0.4 is 0 Å². The van der Waals surface area contributed by atoms with Crippen LogP contribution in [0, 0.1) is 17.8 Å². The minimum atomic E-state index is -2.84. The first-order valence-electron chi connectivity index (χ1n) is 7.45. The molecule has 0 aromatic heterocycles. The third kappa shape index (κ3) is 3.23. The van der Waals surface area contributed by atoms with Gasteiger partial charge in [-0.2, -0.15) is 0 Å². The van der Waals surface area contributed by atoms with Crippen LogP contribution in [-0.4, -0.2) is 38.4 Å². The van der Waals surface area contributed by atoms with E-state index in [1.807, 2.05) is 6.07 Å². The second-order valence-corrected chi connectivity index (χ2v) is 8.72. The van der Waals surface area contributed by atoms with Crippen LogP contribution in [0.5, 0.6) is 0 Å². The largest absolute Gasteiger partial charge is 0.299 e. The fraction of sp³-hybridized carbons (Fsp3) is 0.625. The second kappa shape index (κ2) is 5.49. The van der Waals surface area contributed by atoms with Gasteiger partial charge in [0.1, 0.15) is 9.84 Å². The molecule has 0 radical (unpaired) electrons. The van der Waals surface area contributed by atoms with E-state index in [0.29, 0.717) is 23.5 Å². The minimum absolute atomic E-state index is 0.390. The van der Waals surface area contributed by atoms with Gasteiger partial charge in [-0.15, -0.1) is 0 Å². The third-order valence-electron chi connectivity index (χ3n) is 4.85. The zero-order valence-corrected chi connectivity index (χ0v) is 12.8. The fourth-order valence-corrected chi connectivity index (χ4v) is 5.27. The molecule has 3 nitrogen and oxygen atoms in total. The Morgan fingerprint density at radius 2 is 1.70 bits per heavy atom. The van der Waals surface area contributed by atoms with Gasteiger partial charge in [0.15, 0.2) is 0 Å². The Labute approximate surface area is 121 Å². The van der Waals surface area contributed by atoms with Crippen molar-refractivity contribution < 1.29 is 8.42 Å². The van der Waals surface area contributed by atoms with Gasteiger partial charge in [-0.25, -0.2) is 8.42 Å². The standard InChI is InChI=1S/C16H23NO2S/c1-20(18,19)12-16-14-7-8-15(16)11-17(10-14)9-13-5-3-2-4-6-13/h2-6,14-16H,7-12H2,1H3. The highest BCUT2D eigenvalue weighted by Gasteiger charge is 2.42. The van der Waals surface area contributed by atoms with Crippen LogP contribution in [0.3, 0.4) is 0 Å². The Bertz CT molecular complexity index is 541. The molecule has 1 heterocycles. The summed E-state index contributed by atoms with van der Waals surface area (Å²) in [5.74, 6) is 1.94. The first-order valence-corrected chi connectivity index (χ1v) is 9.51. The Morgan fingerprint density at radius 3 is 2.25 bits per heavy atom. The van der Waals surface area contributed by atoms with E-state index in [-0.39, 0.29) is 0 Å². The molecule has 1 aromatic carbocycles. The summed E-state index contributed by atoms with van der Waals surface area (Å²) in [6.45, 7) is 3.12. The number of benzene rings is 1. The van der Waals surface area contributed by atoms with Crippen LogP contribution in [-0.2, 0) is 16.4 Å². The maximum absolute atomic E-state index is 11.6. The molecule has 1 aromatic rings. The predicted octanol–water partition coefficient (Wildman–Crippen LogP) is 2.19. The topological polar surface area (TPSA) is 37.4 Å². The Balaban J connectivity index is 1.65. The van der Waals surface area contributed by atoms with Gasteiger partial charge in [-0.1, -0.05) is 30.3 Å². The van der Waals surface area contributed by atoms with Gasteiger partial charge in [0.25, 0.3) is 0 Å². The molecule has 0 amide bonds. The van der Waals surface area contributed by atoms with E-state index < -0.39 is 9.84 Å². The van der Waals surface area contributed by atoms with Crippen LogP contribution in [0.4, 0.5) is 0 Å². The number of fused-ring (bicyclic) bond motifs is 2. The number of nitrogens with zero attached hydrogens (tertiary/aromatic N) is 1. The lowest BCUT2D eigenvalue weighted by atomic mass is 9.86. The van der Waals surface area contributed by atoms with Crippen molar-refractivity contribution in [2.24, 2.45) is 17.8 Å². The molecule has 4 heteroatoms. The second-order valence-electron chi connectivity index (χ2n) is 6.53. The van der Waals surface area contributed by atoms with E-state index >= 15 is 0 Å².